The molecular formula is C15H22FN. The van der Waals surface area contributed by atoms with Crippen LogP contribution in [0, 0.1) is 18.2 Å². The van der Waals surface area contributed by atoms with Gasteiger partial charge < -0.3 is 5.73 Å². The Kier molecular flexibility index (Phi) is 3.53. The molecule has 0 amide bonds. The first-order chi connectivity index (χ1) is 8.01. The first-order valence-electron chi connectivity index (χ1n) is 6.52. The third-order valence-electron chi connectivity index (χ3n) is 4.39. The fourth-order valence-corrected chi connectivity index (χ4v) is 2.90. The second kappa shape index (κ2) is 4.77. The molecule has 1 saturated carbocycles. The maximum absolute atomic E-state index is 13.2. The largest absolute Gasteiger partial charge is 0.327 e. The average molecular weight is 235 g/mol. The van der Waals surface area contributed by atoms with Gasteiger partial charge in [-0.2, -0.15) is 0 Å². The molecule has 2 heteroatoms. The fraction of sp³-hybridized carbons (Fsp3) is 0.600. The predicted octanol–water partition coefficient (Wildman–Crippen LogP) is 3.58. The van der Waals surface area contributed by atoms with Crippen LogP contribution in [0.4, 0.5) is 4.39 Å². The van der Waals surface area contributed by atoms with Crippen molar-refractivity contribution in [3.05, 3.63) is 35.1 Å². The molecule has 0 bridgehead atoms. The molecule has 1 unspecified atom stereocenters. The molecule has 0 radical (unpaired) electrons. The van der Waals surface area contributed by atoms with Crippen LogP contribution in [-0.4, -0.2) is 6.04 Å². The van der Waals surface area contributed by atoms with Crippen molar-refractivity contribution < 1.29 is 4.39 Å². The van der Waals surface area contributed by atoms with Gasteiger partial charge >= 0.3 is 0 Å². The summed E-state index contributed by atoms with van der Waals surface area (Å²) in [5, 5.41) is 0. The second-order valence-electron chi connectivity index (χ2n) is 5.74. The highest BCUT2D eigenvalue weighted by atomic mass is 19.1. The Bertz CT molecular complexity index is 394. The lowest BCUT2D eigenvalue weighted by Crippen LogP contribution is -2.39. The zero-order valence-corrected chi connectivity index (χ0v) is 10.8. The van der Waals surface area contributed by atoms with Crippen LogP contribution >= 0.6 is 0 Å². The first-order valence-corrected chi connectivity index (χ1v) is 6.52. The van der Waals surface area contributed by atoms with Gasteiger partial charge in [0.1, 0.15) is 5.82 Å². The minimum Gasteiger partial charge on any atom is -0.327 e. The average Bonchev–Trinajstić information content (AvgIpc) is 2.72. The Morgan fingerprint density at radius 2 is 2.00 bits per heavy atom. The van der Waals surface area contributed by atoms with E-state index in [4.69, 9.17) is 5.73 Å². The van der Waals surface area contributed by atoms with E-state index in [1.807, 2.05) is 13.0 Å². The fourth-order valence-electron chi connectivity index (χ4n) is 2.90. The molecule has 2 N–H and O–H groups in total. The lowest BCUT2D eigenvalue weighted by molar-refractivity contribution is 0.260. The summed E-state index contributed by atoms with van der Waals surface area (Å²) in [6.07, 6.45) is 5.78. The van der Waals surface area contributed by atoms with Crippen molar-refractivity contribution in [2.75, 3.05) is 0 Å². The summed E-state index contributed by atoms with van der Waals surface area (Å²) < 4.78 is 13.2. The monoisotopic (exact) mass is 235 g/mol. The lowest BCUT2D eigenvalue weighted by atomic mass is 9.78. The van der Waals surface area contributed by atoms with Crippen LogP contribution in [0.3, 0.4) is 0 Å². The lowest BCUT2D eigenvalue weighted by Gasteiger charge is -2.31. The molecule has 0 aromatic heterocycles. The summed E-state index contributed by atoms with van der Waals surface area (Å²) in [6, 6.07) is 5.13. The molecule has 2 rings (SSSR count). The van der Waals surface area contributed by atoms with Crippen LogP contribution in [0.25, 0.3) is 0 Å². The zero-order chi connectivity index (χ0) is 12.5. The van der Waals surface area contributed by atoms with Crippen LogP contribution in [0.2, 0.25) is 0 Å². The van der Waals surface area contributed by atoms with Gasteiger partial charge in [-0.1, -0.05) is 25.8 Å². The predicted molar refractivity (Wildman–Crippen MR) is 69.4 cm³/mol. The molecule has 17 heavy (non-hydrogen) atoms. The molecule has 0 aliphatic heterocycles. The minimum absolute atomic E-state index is 0.144. The van der Waals surface area contributed by atoms with Gasteiger partial charge in [-0.05, 0) is 54.9 Å². The van der Waals surface area contributed by atoms with E-state index in [0.29, 0.717) is 0 Å². The van der Waals surface area contributed by atoms with Gasteiger partial charge in [-0.25, -0.2) is 4.39 Å². The van der Waals surface area contributed by atoms with Crippen molar-refractivity contribution in [1.29, 1.82) is 0 Å². The van der Waals surface area contributed by atoms with Crippen molar-refractivity contribution in [2.45, 2.75) is 52.0 Å². The summed E-state index contributed by atoms with van der Waals surface area (Å²) in [4.78, 5) is 0. The van der Waals surface area contributed by atoms with Gasteiger partial charge in [-0.15, -0.1) is 0 Å². The Labute approximate surface area is 103 Å². The van der Waals surface area contributed by atoms with Gasteiger partial charge in [0.2, 0.25) is 0 Å². The van der Waals surface area contributed by atoms with E-state index in [1.54, 1.807) is 6.07 Å². The molecule has 0 heterocycles. The van der Waals surface area contributed by atoms with E-state index in [1.165, 1.54) is 31.7 Å². The highest BCUT2D eigenvalue weighted by Gasteiger charge is 2.34. The number of aryl methyl sites for hydroxylation is 1. The smallest absolute Gasteiger partial charge is 0.123 e. The number of halogens is 1. The molecule has 0 saturated heterocycles. The van der Waals surface area contributed by atoms with E-state index < -0.39 is 0 Å². The molecule has 94 valence electrons. The summed E-state index contributed by atoms with van der Waals surface area (Å²) in [7, 11) is 0. The van der Waals surface area contributed by atoms with Crippen molar-refractivity contribution in [2.24, 2.45) is 11.1 Å². The maximum atomic E-state index is 13.2. The van der Waals surface area contributed by atoms with Crippen LogP contribution < -0.4 is 5.73 Å². The molecule has 0 spiro atoms. The van der Waals surface area contributed by atoms with Gasteiger partial charge in [0.25, 0.3) is 0 Å². The second-order valence-corrected chi connectivity index (χ2v) is 5.74. The third kappa shape index (κ3) is 2.68. The standard InChI is InChI=1S/C15H22FN/c1-11-5-6-13(16)9-12(11)10-14(17)15(2)7-3-4-8-15/h5-6,9,14H,3-4,7-8,10,17H2,1-2H3. The Morgan fingerprint density at radius 3 is 2.65 bits per heavy atom. The Balaban J connectivity index is 2.12. The maximum Gasteiger partial charge on any atom is 0.123 e. The highest BCUT2D eigenvalue weighted by molar-refractivity contribution is 5.27. The van der Waals surface area contributed by atoms with E-state index >= 15 is 0 Å². The first kappa shape index (κ1) is 12.6. The molecule has 1 nitrogen and oxygen atoms in total. The number of hydrogen-bond acceptors (Lipinski definition) is 1. The number of nitrogens with two attached hydrogens (primary N) is 1. The molecule has 1 aromatic carbocycles. The van der Waals surface area contributed by atoms with Crippen molar-refractivity contribution in [3.63, 3.8) is 0 Å². The molecule has 1 aliphatic carbocycles. The Hall–Kier alpha value is -0.890. The van der Waals surface area contributed by atoms with Gasteiger partial charge in [0, 0.05) is 6.04 Å². The number of hydrogen-bond donors (Lipinski definition) is 1. The zero-order valence-electron chi connectivity index (χ0n) is 10.8. The quantitative estimate of drug-likeness (QED) is 0.851. The van der Waals surface area contributed by atoms with Gasteiger partial charge in [0.05, 0.1) is 0 Å². The van der Waals surface area contributed by atoms with Gasteiger partial charge in [0.15, 0.2) is 0 Å². The molecule has 1 aliphatic rings. The molecule has 1 aromatic rings. The summed E-state index contributed by atoms with van der Waals surface area (Å²) in [5.74, 6) is -0.158. The summed E-state index contributed by atoms with van der Waals surface area (Å²) >= 11 is 0. The van der Waals surface area contributed by atoms with Crippen LogP contribution in [0.1, 0.15) is 43.7 Å². The van der Waals surface area contributed by atoms with E-state index in [9.17, 15) is 4.39 Å². The van der Waals surface area contributed by atoms with Crippen LogP contribution in [0.5, 0.6) is 0 Å². The Morgan fingerprint density at radius 1 is 1.35 bits per heavy atom. The number of benzene rings is 1. The minimum atomic E-state index is -0.158. The van der Waals surface area contributed by atoms with Crippen molar-refractivity contribution in [1.82, 2.24) is 0 Å². The third-order valence-corrected chi connectivity index (χ3v) is 4.39. The SMILES string of the molecule is Cc1ccc(F)cc1CC(N)C1(C)CCCC1. The van der Waals surface area contributed by atoms with Crippen molar-refractivity contribution >= 4 is 0 Å². The summed E-state index contributed by atoms with van der Waals surface area (Å²) in [5.41, 5.74) is 8.79. The normalized spacial score (nSPS) is 20.5. The molecular weight excluding hydrogens is 213 g/mol. The van der Waals surface area contributed by atoms with E-state index in [2.05, 4.69) is 6.92 Å². The van der Waals surface area contributed by atoms with Crippen molar-refractivity contribution in [3.8, 4) is 0 Å². The van der Waals surface area contributed by atoms with Gasteiger partial charge in [-0.3, -0.25) is 0 Å². The van der Waals surface area contributed by atoms with E-state index in [0.717, 1.165) is 17.5 Å². The highest BCUT2D eigenvalue weighted by Crippen LogP contribution is 2.40. The molecule has 1 fully saturated rings. The van der Waals surface area contributed by atoms with E-state index in [-0.39, 0.29) is 17.3 Å². The van der Waals surface area contributed by atoms with Crippen LogP contribution in [0.15, 0.2) is 18.2 Å². The topological polar surface area (TPSA) is 26.0 Å². The van der Waals surface area contributed by atoms with Crippen LogP contribution in [-0.2, 0) is 6.42 Å². The summed E-state index contributed by atoms with van der Waals surface area (Å²) in [6.45, 7) is 4.30. The molecule has 1 atom stereocenters. The number of rotatable bonds is 3.